The molecule has 1 aliphatic rings. The molecule has 0 aromatic heterocycles. The van der Waals surface area contributed by atoms with E-state index in [4.69, 9.17) is 14.5 Å². The molecule has 3 rings (SSSR count). The molecule has 14 heteroatoms. The number of alkyl carbamates (subject to hydrolysis) is 1. The predicted molar refractivity (Wildman–Crippen MR) is 182 cm³/mol. The van der Waals surface area contributed by atoms with Gasteiger partial charge in [-0.15, -0.1) is 0 Å². The van der Waals surface area contributed by atoms with E-state index in [-0.39, 0.29) is 12.3 Å². The van der Waals surface area contributed by atoms with Gasteiger partial charge in [0.1, 0.15) is 24.2 Å². The Labute approximate surface area is 278 Å². The number of carbonyl (C=O) groups excluding carboxylic acids is 5. The van der Waals surface area contributed by atoms with E-state index >= 15 is 0 Å². The van der Waals surface area contributed by atoms with Crippen LogP contribution in [0.2, 0.25) is 0 Å². The van der Waals surface area contributed by atoms with Crippen molar-refractivity contribution in [3.05, 3.63) is 65.7 Å². The van der Waals surface area contributed by atoms with Crippen LogP contribution in [-0.2, 0) is 28.7 Å². The number of amides is 3. The maximum absolute atomic E-state index is 14.1. The molecule has 0 aliphatic carbocycles. The monoisotopic (exact) mass is 671 g/mol. The van der Waals surface area contributed by atoms with Crippen LogP contribution >= 0.6 is 24.4 Å². The summed E-state index contributed by atoms with van der Waals surface area (Å²) in [7, 11) is 1.25. The van der Waals surface area contributed by atoms with E-state index in [9.17, 15) is 24.0 Å². The number of rotatable bonds is 14. The van der Waals surface area contributed by atoms with E-state index in [0.29, 0.717) is 29.1 Å². The lowest BCUT2D eigenvalue weighted by Gasteiger charge is -2.26. The topological polar surface area (TPSA) is 156 Å². The summed E-state index contributed by atoms with van der Waals surface area (Å²) in [6.45, 7) is 4.34. The summed E-state index contributed by atoms with van der Waals surface area (Å²) in [6.07, 6.45) is 0.179. The Balaban J connectivity index is 1.93. The lowest BCUT2D eigenvalue weighted by atomic mass is 10.0. The number of esters is 1. The van der Waals surface area contributed by atoms with Gasteiger partial charge in [0.2, 0.25) is 5.91 Å². The van der Waals surface area contributed by atoms with Crippen LogP contribution in [0, 0.1) is 0 Å². The van der Waals surface area contributed by atoms with Gasteiger partial charge in [0.25, 0.3) is 5.91 Å². The van der Waals surface area contributed by atoms with Gasteiger partial charge in [-0.25, -0.2) is 9.59 Å². The van der Waals surface area contributed by atoms with Gasteiger partial charge >= 0.3 is 12.1 Å². The van der Waals surface area contributed by atoms with E-state index in [1.807, 2.05) is 36.6 Å². The van der Waals surface area contributed by atoms with Crippen LogP contribution in [0.5, 0.6) is 0 Å². The van der Waals surface area contributed by atoms with Crippen LogP contribution in [0.25, 0.3) is 0 Å². The van der Waals surface area contributed by atoms with Crippen LogP contribution in [0.4, 0.5) is 10.5 Å². The van der Waals surface area contributed by atoms with Gasteiger partial charge in [0.05, 0.1) is 25.1 Å². The van der Waals surface area contributed by atoms with Gasteiger partial charge in [-0.1, -0.05) is 48.5 Å². The Hall–Kier alpha value is -3.88. The van der Waals surface area contributed by atoms with Crippen molar-refractivity contribution in [2.24, 2.45) is 4.99 Å². The Bertz CT molecular complexity index is 1430. The maximum atomic E-state index is 14.1. The zero-order valence-electron chi connectivity index (χ0n) is 26.6. The number of benzene rings is 2. The minimum absolute atomic E-state index is 0.00740. The van der Waals surface area contributed by atoms with Crippen LogP contribution in [-0.4, -0.2) is 97.2 Å². The number of benzodiazepines with no additional fused rings is 1. The predicted octanol–water partition coefficient (Wildman–Crippen LogP) is 2.59. The molecule has 0 saturated heterocycles. The first-order valence-electron chi connectivity index (χ1n) is 14.6. The van der Waals surface area contributed by atoms with Gasteiger partial charge < -0.3 is 20.1 Å². The summed E-state index contributed by atoms with van der Waals surface area (Å²) in [4.78, 5) is 71.3. The number of aliphatic imine (C=N–C) groups is 1. The fourth-order valence-electron chi connectivity index (χ4n) is 4.56. The second-order valence-corrected chi connectivity index (χ2v) is 12.7. The molecule has 3 amide bonds. The number of Topliss-reactive ketones (excluding diaryl/α,β-unsaturated/α-hetero) is 1. The number of para-hydroxylation sites is 1. The molecular weight excluding hydrogens is 631 g/mol. The minimum atomic E-state index is -1.28. The third-order valence-corrected chi connectivity index (χ3v) is 7.73. The lowest BCUT2D eigenvalue weighted by Crippen LogP contribution is -2.53. The van der Waals surface area contributed by atoms with Crippen molar-refractivity contribution in [3.8, 4) is 0 Å². The number of methoxy groups -OCH3 is 1. The average molecular weight is 672 g/mol. The Morgan fingerprint density at radius 1 is 1.02 bits per heavy atom. The Kier molecular flexibility index (Phi) is 13.6. The van der Waals surface area contributed by atoms with Crippen molar-refractivity contribution < 1.29 is 33.4 Å². The number of anilines is 1. The van der Waals surface area contributed by atoms with Crippen LogP contribution < -0.4 is 20.9 Å². The molecule has 2 aromatic carbocycles. The molecule has 248 valence electrons. The molecule has 12 nitrogen and oxygen atoms in total. The number of hydrogen-bond acceptors (Lipinski definition) is 11. The molecular formula is C32H41N5O7S2. The van der Waals surface area contributed by atoms with Crippen LogP contribution in [0.3, 0.4) is 0 Å². The number of nitrogens with one attached hydrogen (secondary N) is 3. The Morgan fingerprint density at radius 2 is 1.70 bits per heavy atom. The molecule has 1 aliphatic heterocycles. The number of carbonyl (C=O) groups is 5. The highest BCUT2D eigenvalue weighted by Crippen LogP contribution is 2.28. The third-order valence-electron chi connectivity index (χ3n) is 6.72. The largest absolute Gasteiger partial charge is 0.467 e. The average Bonchev–Trinajstić information content (AvgIpc) is 3.14. The molecule has 0 bridgehead atoms. The van der Waals surface area contributed by atoms with E-state index in [1.165, 1.54) is 23.8 Å². The normalized spacial score (nSPS) is 15.9. The van der Waals surface area contributed by atoms with E-state index in [0.717, 1.165) is 5.56 Å². The number of thioether (sulfide) groups is 1. The standard InChI is InChI=1S/C32H41N5O7S2/c1-32(2,3)44-31(42)35-23(19-45)25(38)17-33-28-29(40)37(18-26(39)34-22(15-16-46-5)30(41)43-4)24-14-10-9-13-21(24)27(36-28)20-11-7-6-8-12-20/h6-14,22-23,28,33,45H,15-19H2,1-5H3,(H,34,39)(H,35,42)/t22-,23?,28?/m0/s1. The number of nitrogens with zero attached hydrogens (tertiary/aromatic N) is 2. The second-order valence-electron chi connectivity index (χ2n) is 11.3. The van der Waals surface area contributed by atoms with E-state index in [2.05, 4.69) is 28.6 Å². The van der Waals surface area contributed by atoms with Crippen molar-refractivity contribution in [2.75, 3.05) is 42.9 Å². The van der Waals surface area contributed by atoms with Crippen molar-refractivity contribution >= 4 is 65.4 Å². The van der Waals surface area contributed by atoms with Gasteiger partial charge in [0.15, 0.2) is 11.9 Å². The SMILES string of the molecule is COC(=O)[C@H](CCSC)NC(=O)CN1C(=O)C(NCC(=O)C(CS)NC(=O)OC(C)(C)C)N=C(c2ccccc2)c2ccccc21. The quantitative estimate of drug-likeness (QED) is 0.175. The number of hydrogen-bond donors (Lipinski definition) is 4. The van der Waals surface area contributed by atoms with Gasteiger partial charge in [-0.3, -0.25) is 29.6 Å². The maximum Gasteiger partial charge on any atom is 0.408 e. The fraction of sp³-hybridized carbons (Fsp3) is 0.438. The Morgan fingerprint density at radius 3 is 2.33 bits per heavy atom. The van der Waals surface area contributed by atoms with Crippen molar-refractivity contribution in [1.82, 2.24) is 16.0 Å². The highest BCUT2D eigenvalue weighted by atomic mass is 32.2. The highest BCUT2D eigenvalue weighted by Gasteiger charge is 2.35. The second kappa shape index (κ2) is 17.2. The first-order valence-corrected chi connectivity index (χ1v) is 16.7. The summed E-state index contributed by atoms with van der Waals surface area (Å²) < 4.78 is 10.1. The smallest absolute Gasteiger partial charge is 0.408 e. The molecule has 0 fully saturated rings. The summed E-state index contributed by atoms with van der Waals surface area (Å²) in [5.74, 6) is -1.61. The van der Waals surface area contributed by atoms with Gasteiger partial charge in [-0.05, 0) is 45.3 Å². The number of ketones is 1. The molecule has 0 spiro atoms. The highest BCUT2D eigenvalue weighted by molar-refractivity contribution is 7.98. The van der Waals surface area contributed by atoms with E-state index in [1.54, 1.807) is 45.0 Å². The van der Waals surface area contributed by atoms with Crippen LogP contribution in [0.15, 0.2) is 59.6 Å². The zero-order chi connectivity index (χ0) is 33.9. The van der Waals surface area contributed by atoms with E-state index < -0.39 is 60.1 Å². The van der Waals surface area contributed by atoms with Gasteiger partial charge in [-0.2, -0.15) is 24.4 Å². The molecule has 3 N–H and O–H groups in total. The lowest BCUT2D eigenvalue weighted by molar-refractivity contribution is -0.145. The number of fused-ring (bicyclic) bond motifs is 1. The van der Waals surface area contributed by atoms with Crippen LogP contribution in [0.1, 0.15) is 38.3 Å². The molecule has 1 heterocycles. The molecule has 2 unspecified atom stereocenters. The van der Waals surface area contributed by atoms with Gasteiger partial charge in [0, 0.05) is 16.9 Å². The van der Waals surface area contributed by atoms with Crippen molar-refractivity contribution in [3.63, 3.8) is 0 Å². The zero-order valence-corrected chi connectivity index (χ0v) is 28.3. The molecule has 46 heavy (non-hydrogen) atoms. The molecule has 0 radical (unpaired) electrons. The van der Waals surface area contributed by atoms with Crippen molar-refractivity contribution in [2.45, 2.75) is 51.0 Å². The molecule has 3 atom stereocenters. The number of ether oxygens (including phenoxy) is 2. The summed E-state index contributed by atoms with van der Waals surface area (Å²) in [5, 5.41) is 8.13. The summed E-state index contributed by atoms with van der Waals surface area (Å²) >= 11 is 5.73. The molecule has 2 aromatic rings. The minimum Gasteiger partial charge on any atom is -0.467 e. The third kappa shape index (κ3) is 10.3. The molecule has 0 saturated carbocycles. The summed E-state index contributed by atoms with van der Waals surface area (Å²) in [6, 6.07) is 14.4. The van der Waals surface area contributed by atoms with Crippen molar-refractivity contribution in [1.29, 1.82) is 0 Å². The first-order chi connectivity index (χ1) is 21.9. The number of thiol groups is 1. The first kappa shape index (κ1) is 36.6. The fourth-order valence-corrected chi connectivity index (χ4v) is 5.33. The summed E-state index contributed by atoms with van der Waals surface area (Å²) in [5.41, 5.74) is 1.45.